The fourth-order valence-corrected chi connectivity index (χ4v) is 4.44. The number of ether oxygens (including phenoxy) is 1. The minimum atomic E-state index is -0.515. The van der Waals surface area contributed by atoms with E-state index in [1.807, 2.05) is 64.1 Å². The van der Waals surface area contributed by atoms with Gasteiger partial charge >= 0.3 is 6.09 Å². The highest BCUT2D eigenvalue weighted by Gasteiger charge is 2.25. The van der Waals surface area contributed by atoms with Crippen LogP contribution in [0.3, 0.4) is 0 Å². The number of nitrogens with one attached hydrogen (secondary N) is 1. The molecule has 0 saturated carbocycles. The van der Waals surface area contributed by atoms with E-state index in [-0.39, 0.29) is 17.7 Å². The molecule has 0 aliphatic carbocycles. The maximum absolute atomic E-state index is 13.6. The van der Waals surface area contributed by atoms with E-state index in [0.29, 0.717) is 62.8 Å². The Bertz CT molecular complexity index is 1080. The summed E-state index contributed by atoms with van der Waals surface area (Å²) in [5.41, 5.74) is 7.59. The normalized spacial score (nSPS) is 13.6. The van der Waals surface area contributed by atoms with E-state index in [4.69, 9.17) is 10.5 Å². The van der Waals surface area contributed by atoms with Gasteiger partial charge in [0, 0.05) is 54.9 Å². The first-order chi connectivity index (χ1) is 18.7. The zero-order valence-electron chi connectivity index (χ0n) is 25.6. The zero-order chi connectivity index (χ0) is 29.9. The Hall–Kier alpha value is -3.24. The Balaban J connectivity index is 1.99. The number of aromatic nitrogens is 2. The topological polar surface area (TPSA) is 135 Å². The van der Waals surface area contributed by atoms with Gasteiger partial charge in [-0.3, -0.25) is 9.48 Å². The van der Waals surface area contributed by atoms with Crippen LogP contribution in [-0.2, 0) is 16.1 Å². The number of alkyl carbamates (subject to hydrolysis) is 1. The third kappa shape index (κ3) is 11.9. The van der Waals surface area contributed by atoms with Crippen molar-refractivity contribution >= 4 is 29.6 Å². The lowest BCUT2D eigenvalue weighted by molar-refractivity contribution is -0.561. The molecule has 0 atom stereocenters. The molecule has 0 saturated heterocycles. The zero-order valence-corrected chi connectivity index (χ0v) is 25.6. The maximum Gasteiger partial charge on any atom is 0.407 e. The second-order valence-corrected chi connectivity index (χ2v) is 12.6. The number of unbranched alkanes of at least 4 members (excludes halogenated alkanes) is 2. The first kappa shape index (κ1) is 33.0. The maximum atomic E-state index is 13.6. The minimum Gasteiger partial charge on any atom is -0.444 e. The molecule has 1 aliphatic rings. The largest absolute Gasteiger partial charge is 0.444 e. The van der Waals surface area contributed by atoms with Crippen LogP contribution in [0.4, 0.5) is 10.5 Å². The standard InChI is InChI=1S/C29H49N7O4/c1-8-14-34(15-12-16-35(39)21-28(2,3)4)26(37)22-18-24-23(33-25(30)19-22)20-32-36(24)17-11-9-10-13-31-27(38)40-29(5,6)7/h18,20H,8-17,19,21H2,1-7H3,(H2-,30,31,33,37,38)/p+1. The van der Waals surface area contributed by atoms with Crippen molar-refractivity contribution in [1.29, 1.82) is 0 Å². The molecule has 0 fully saturated rings. The van der Waals surface area contributed by atoms with Gasteiger partial charge in [0.25, 0.3) is 0 Å². The fourth-order valence-electron chi connectivity index (χ4n) is 4.44. The number of carbonyl (C=O) groups is 2. The summed E-state index contributed by atoms with van der Waals surface area (Å²) in [6, 6.07) is 0. The van der Waals surface area contributed by atoms with Crippen molar-refractivity contribution in [3.05, 3.63) is 22.4 Å². The van der Waals surface area contributed by atoms with Gasteiger partial charge in [-0.1, -0.05) is 27.7 Å². The number of amides is 2. The molecular weight excluding hydrogens is 510 g/mol. The van der Waals surface area contributed by atoms with Crippen LogP contribution in [0.15, 0.2) is 16.8 Å². The number of nitrogens with zero attached hydrogens (tertiary/aromatic N) is 5. The van der Waals surface area contributed by atoms with Crippen molar-refractivity contribution in [3.63, 3.8) is 0 Å². The lowest BCUT2D eigenvalue weighted by Crippen LogP contribution is -2.36. The fraction of sp³-hybridized carbons (Fsp3) is 0.724. The summed E-state index contributed by atoms with van der Waals surface area (Å²) >= 11 is 0. The summed E-state index contributed by atoms with van der Waals surface area (Å²) in [6.45, 7) is 16.8. The molecule has 2 heterocycles. The van der Waals surface area contributed by atoms with Crippen LogP contribution in [0.5, 0.6) is 0 Å². The van der Waals surface area contributed by atoms with Gasteiger partial charge in [0.15, 0.2) is 13.1 Å². The lowest BCUT2D eigenvalue weighted by atomic mass is 9.97. The third-order valence-corrected chi connectivity index (χ3v) is 6.06. The van der Waals surface area contributed by atoms with E-state index in [9.17, 15) is 14.5 Å². The quantitative estimate of drug-likeness (QED) is 0.248. The number of fused-ring (bicyclic) bond motifs is 1. The van der Waals surface area contributed by atoms with Crippen LogP contribution >= 0.6 is 0 Å². The Labute approximate surface area is 239 Å². The van der Waals surface area contributed by atoms with Crippen molar-refractivity contribution in [2.45, 2.75) is 99.1 Å². The Kier molecular flexibility index (Phi) is 12.3. The first-order valence-corrected chi connectivity index (χ1v) is 14.5. The molecule has 11 heteroatoms. The summed E-state index contributed by atoms with van der Waals surface area (Å²) in [4.78, 5) is 44.0. The Morgan fingerprint density at radius 3 is 2.50 bits per heavy atom. The van der Waals surface area contributed by atoms with E-state index in [1.165, 1.54) is 0 Å². The molecule has 0 radical (unpaired) electrons. The van der Waals surface area contributed by atoms with Gasteiger partial charge in [-0.25, -0.2) is 9.79 Å². The van der Waals surface area contributed by atoms with E-state index in [2.05, 4.69) is 15.4 Å². The molecule has 3 N–H and O–H groups in total. The highest BCUT2D eigenvalue weighted by Crippen LogP contribution is 2.27. The summed E-state index contributed by atoms with van der Waals surface area (Å²) in [5, 5.41) is 7.27. The molecule has 1 aromatic rings. The average molecular weight is 561 g/mol. The van der Waals surface area contributed by atoms with E-state index < -0.39 is 11.7 Å². The molecule has 0 aromatic carbocycles. The molecule has 2 amide bonds. The highest BCUT2D eigenvalue weighted by molar-refractivity contribution is 6.05. The number of nitroso groups, excluding NO2 is 1. The summed E-state index contributed by atoms with van der Waals surface area (Å²) in [6.07, 6.45) is 7.38. The van der Waals surface area contributed by atoms with Crippen molar-refractivity contribution in [2.75, 3.05) is 32.7 Å². The number of hydrogen-bond acceptors (Lipinski definition) is 7. The van der Waals surface area contributed by atoms with Gasteiger partial charge in [0.1, 0.15) is 17.1 Å². The molecule has 224 valence electrons. The monoisotopic (exact) mass is 560 g/mol. The molecule has 0 unspecified atom stereocenters. The number of rotatable bonds is 14. The average Bonchev–Trinajstić information content (AvgIpc) is 3.08. The number of hydrogen-bond donors (Lipinski definition) is 2. The van der Waals surface area contributed by atoms with Crippen molar-refractivity contribution in [2.24, 2.45) is 16.1 Å². The van der Waals surface area contributed by atoms with Crippen LogP contribution in [0.2, 0.25) is 0 Å². The van der Waals surface area contributed by atoms with E-state index >= 15 is 0 Å². The lowest BCUT2D eigenvalue weighted by Gasteiger charge is -2.23. The van der Waals surface area contributed by atoms with Crippen LogP contribution in [-0.4, -0.2) is 75.6 Å². The van der Waals surface area contributed by atoms with Crippen molar-refractivity contribution in [3.8, 4) is 0 Å². The first-order valence-electron chi connectivity index (χ1n) is 14.5. The summed E-state index contributed by atoms with van der Waals surface area (Å²) in [5.74, 6) is 0.292. The van der Waals surface area contributed by atoms with Crippen molar-refractivity contribution < 1.29 is 19.1 Å². The minimum absolute atomic E-state index is 0.0691. The highest BCUT2D eigenvalue weighted by atomic mass is 16.6. The molecular formula is C29H50N7O4+. The molecule has 40 heavy (non-hydrogen) atoms. The van der Waals surface area contributed by atoms with E-state index in [1.54, 1.807) is 6.20 Å². The van der Waals surface area contributed by atoms with E-state index in [0.717, 1.165) is 36.1 Å². The second kappa shape index (κ2) is 14.9. The number of aliphatic imine (C=N–C) groups is 1. The molecule has 0 spiro atoms. The predicted molar refractivity (Wildman–Crippen MR) is 158 cm³/mol. The molecule has 1 aromatic heterocycles. The van der Waals surface area contributed by atoms with Crippen LogP contribution in [0, 0.1) is 10.3 Å². The molecule has 2 rings (SSSR count). The van der Waals surface area contributed by atoms with Crippen LogP contribution < -0.4 is 11.1 Å². The Morgan fingerprint density at radius 2 is 1.85 bits per heavy atom. The summed E-state index contributed by atoms with van der Waals surface area (Å²) < 4.78 is 8.20. The van der Waals surface area contributed by atoms with Gasteiger partial charge in [0.2, 0.25) is 5.91 Å². The Morgan fingerprint density at radius 1 is 1.12 bits per heavy atom. The number of amidine groups is 1. The number of carbonyl (C=O) groups excluding carboxylic acids is 2. The SMILES string of the molecule is CCCN(CCC[N+](=O)CC(C)(C)C)C(=O)C1=Cc2c(cnn2CCCCCNC(=O)OC(C)(C)C)N=C(N)C1. The molecule has 0 bridgehead atoms. The van der Waals surface area contributed by atoms with Crippen LogP contribution in [0.25, 0.3) is 6.08 Å². The van der Waals surface area contributed by atoms with Gasteiger partial charge < -0.3 is 20.7 Å². The smallest absolute Gasteiger partial charge is 0.407 e. The van der Waals surface area contributed by atoms with Crippen LogP contribution in [0.1, 0.15) is 92.7 Å². The van der Waals surface area contributed by atoms with Crippen molar-refractivity contribution in [1.82, 2.24) is 20.0 Å². The summed E-state index contributed by atoms with van der Waals surface area (Å²) in [7, 11) is 0. The number of aryl methyl sites for hydroxylation is 1. The third-order valence-electron chi connectivity index (χ3n) is 6.06. The molecule has 1 aliphatic heterocycles. The second-order valence-electron chi connectivity index (χ2n) is 12.6. The van der Waals surface area contributed by atoms with Gasteiger partial charge in [-0.15, -0.1) is 0 Å². The molecule has 11 nitrogen and oxygen atoms in total. The van der Waals surface area contributed by atoms with Gasteiger partial charge in [-0.05, 0) is 57.3 Å². The predicted octanol–water partition coefficient (Wildman–Crippen LogP) is 4.81. The van der Waals surface area contributed by atoms with Gasteiger partial charge in [0.05, 0.1) is 11.9 Å². The number of nitrogens with two attached hydrogens (primary N) is 1. The van der Waals surface area contributed by atoms with Gasteiger partial charge in [-0.2, -0.15) is 5.10 Å².